The maximum atomic E-state index is 12.9. The lowest BCUT2D eigenvalue weighted by Gasteiger charge is -2.38. The molecule has 0 aliphatic carbocycles. The fourth-order valence-corrected chi connectivity index (χ4v) is 5.01. The van der Waals surface area contributed by atoms with Crippen LogP contribution in [0.2, 0.25) is 5.02 Å². The summed E-state index contributed by atoms with van der Waals surface area (Å²) in [6.07, 6.45) is 5.44. The maximum absolute atomic E-state index is 12.9. The normalized spacial score (nSPS) is 20.6. The summed E-state index contributed by atoms with van der Waals surface area (Å²) in [4.78, 5) is 37.5. The molecule has 2 saturated heterocycles. The molecule has 0 spiro atoms. The van der Waals surface area contributed by atoms with Crippen molar-refractivity contribution in [3.63, 3.8) is 0 Å². The van der Waals surface area contributed by atoms with Crippen molar-refractivity contribution in [3.05, 3.63) is 80.2 Å². The molecule has 2 aliphatic heterocycles. The van der Waals surface area contributed by atoms with Gasteiger partial charge in [-0.1, -0.05) is 11.6 Å². The van der Waals surface area contributed by atoms with Crippen molar-refractivity contribution in [2.24, 2.45) is 5.92 Å². The molecule has 0 saturated carbocycles. The van der Waals surface area contributed by atoms with E-state index in [4.69, 9.17) is 16.3 Å². The third-order valence-corrected chi connectivity index (χ3v) is 6.70. The van der Waals surface area contributed by atoms with Crippen molar-refractivity contribution in [2.75, 3.05) is 31.6 Å². The Hall–Kier alpha value is -3.10. The molecule has 8 nitrogen and oxygen atoms in total. The van der Waals surface area contributed by atoms with E-state index in [1.165, 1.54) is 17.1 Å². The standard InChI is InChI=1S/C24H26ClN5O3/c1-28-13-16-3-2-9-29(21(16)14-28)22-7-6-20(24(32)27-22)30-10-8-19(11-23(30)31)33-15-18-5-4-17(25)12-26-18/h4-8,10-12,16,21H,2-3,9,13-15H2,1H3,(H,27,32). The van der Waals surface area contributed by atoms with Crippen LogP contribution in [0.4, 0.5) is 5.82 Å². The molecule has 0 aromatic carbocycles. The molecular formula is C24H26ClN5O3. The molecule has 3 aromatic heterocycles. The number of halogens is 1. The van der Waals surface area contributed by atoms with Gasteiger partial charge in [0.2, 0.25) is 0 Å². The molecule has 5 heterocycles. The van der Waals surface area contributed by atoms with Crippen LogP contribution in [-0.4, -0.2) is 52.2 Å². The molecule has 2 aliphatic rings. The summed E-state index contributed by atoms with van der Waals surface area (Å²) in [6.45, 7) is 3.24. The third kappa shape index (κ3) is 4.54. The van der Waals surface area contributed by atoms with E-state index >= 15 is 0 Å². The number of pyridine rings is 3. The molecule has 9 heteroatoms. The number of likely N-dealkylation sites (N-methyl/N-ethyl adjacent to an activating group) is 1. The zero-order valence-electron chi connectivity index (χ0n) is 18.4. The van der Waals surface area contributed by atoms with Gasteiger partial charge in [-0.15, -0.1) is 0 Å². The highest BCUT2D eigenvalue weighted by atomic mass is 35.5. The predicted molar refractivity (Wildman–Crippen MR) is 128 cm³/mol. The number of aromatic amines is 1. The average Bonchev–Trinajstić information content (AvgIpc) is 3.19. The topological polar surface area (TPSA) is 83.5 Å². The first-order chi connectivity index (χ1) is 16.0. The first-order valence-electron chi connectivity index (χ1n) is 11.1. The Labute approximate surface area is 196 Å². The summed E-state index contributed by atoms with van der Waals surface area (Å²) >= 11 is 5.84. The number of fused-ring (bicyclic) bond motifs is 1. The monoisotopic (exact) mass is 467 g/mol. The van der Waals surface area contributed by atoms with Crippen LogP contribution in [0, 0.1) is 5.92 Å². The Balaban J connectivity index is 1.33. The van der Waals surface area contributed by atoms with Gasteiger partial charge in [0.05, 0.1) is 10.7 Å². The molecule has 5 rings (SSSR count). The van der Waals surface area contributed by atoms with Crippen LogP contribution in [0.15, 0.2) is 58.4 Å². The Morgan fingerprint density at radius 1 is 1.18 bits per heavy atom. The minimum Gasteiger partial charge on any atom is -0.487 e. The van der Waals surface area contributed by atoms with Gasteiger partial charge in [0.1, 0.15) is 23.9 Å². The molecule has 172 valence electrons. The molecule has 3 aromatic rings. The zero-order valence-corrected chi connectivity index (χ0v) is 19.2. The Bertz CT molecular complexity index is 1260. The number of nitrogens with one attached hydrogen (secondary N) is 1. The van der Waals surface area contributed by atoms with Gasteiger partial charge in [0.15, 0.2) is 0 Å². The zero-order chi connectivity index (χ0) is 22.9. The van der Waals surface area contributed by atoms with Crippen molar-refractivity contribution in [1.29, 1.82) is 0 Å². The number of hydrogen-bond acceptors (Lipinski definition) is 6. The quantitative estimate of drug-likeness (QED) is 0.621. The summed E-state index contributed by atoms with van der Waals surface area (Å²) in [7, 11) is 2.15. The lowest BCUT2D eigenvalue weighted by Crippen LogP contribution is -2.46. The highest BCUT2D eigenvalue weighted by Crippen LogP contribution is 2.32. The van der Waals surface area contributed by atoms with Gasteiger partial charge in [-0.2, -0.15) is 0 Å². The SMILES string of the molecule is CN1CC2CCCN(c3ccc(-n4ccc(OCc5ccc(Cl)cn5)cc4=O)c(=O)[nH]3)C2C1. The number of likely N-dealkylation sites (tertiary alicyclic amines) is 1. The molecule has 2 fully saturated rings. The lowest BCUT2D eigenvalue weighted by molar-refractivity contribution is 0.300. The van der Waals surface area contributed by atoms with Crippen molar-refractivity contribution in [2.45, 2.75) is 25.5 Å². The largest absolute Gasteiger partial charge is 0.487 e. The fourth-order valence-electron chi connectivity index (χ4n) is 4.90. The van der Waals surface area contributed by atoms with E-state index in [1.807, 2.05) is 6.07 Å². The fraction of sp³-hybridized carbons (Fsp3) is 0.375. The van der Waals surface area contributed by atoms with E-state index in [0.29, 0.717) is 28.4 Å². The smallest absolute Gasteiger partial charge is 0.273 e. The minimum atomic E-state index is -0.342. The number of nitrogens with zero attached hydrogens (tertiary/aromatic N) is 4. The second kappa shape index (κ2) is 9.03. The second-order valence-electron chi connectivity index (χ2n) is 8.77. The highest BCUT2D eigenvalue weighted by molar-refractivity contribution is 6.30. The van der Waals surface area contributed by atoms with Crippen LogP contribution in [-0.2, 0) is 6.61 Å². The number of piperidine rings is 1. The predicted octanol–water partition coefficient (Wildman–Crippen LogP) is 2.68. The van der Waals surface area contributed by atoms with E-state index in [-0.39, 0.29) is 23.4 Å². The van der Waals surface area contributed by atoms with Crippen LogP contribution in [0.1, 0.15) is 18.5 Å². The van der Waals surface area contributed by atoms with Crippen molar-refractivity contribution in [3.8, 4) is 11.4 Å². The number of rotatable bonds is 5. The number of anilines is 1. The molecule has 0 amide bonds. The third-order valence-electron chi connectivity index (χ3n) is 6.47. The van der Waals surface area contributed by atoms with Crippen molar-refractivity contribution >= 4 is 17.4 Å². The van der Waals surface area contributed by atoms with Crippen LogP contribution >= 0.6 is 11.6 Å². The maximum Gasteiger partial charge on any atom is 0.273 e. The van der Waals surface area contributed by atoms with Gasteiger partial charge >= 0.3 is 0 Å². The van der Waals surface area contributed by atoms with Crippen molar-refractivity contribution in [1.82, 2.24) is 19.4 Å². The van der Waals surface area contributed by atoms with Crippen LogP contribution in [0.3, 0.4) is 0 Å². The molecule has 0 bridgehead atoms. The van der Waals surface area contributed by atoms with E-state index in [2.05, 4.69) is 26.8 Å². The number of H-pyrrole nitrogens is 1. The molecular weight excluding hydrogens is 442 g/mol. The van der Waals surface area contributed by atoms with E-state index in [1.54, 1.807) is 36.7 Å². The first kappa shape index (κ1) is 21.7. The van der Waals surface area contributed by atoms with Gasteiger partial charge in [0.25, 0.3) is 11.1 Å². The average molecular weight is 468 g/mol. The summed E-state index contributed by atoms with van der Waals surface area (Å²) in [5.74, 6) is 1.85. The number of aromatic nitrogens is 3. The van der Waals surface area contributed by atoms with Gasteiger partial charge in [0, 0.05) is 44.1 Å². The van der Waals surface area contributed by atoms with Gasteiger partial charge in [-0.25, -0.2) is 0 Å². The van der Waals surface area contributed by atoms with Crippen LogP contribution < -0.4 is 20.8 Å². The molecule has 2 atom stereocenters. The van der Waals surface area contributed by atoms with Gasteiger partial charge in [-0.3, -0.25) is 19.1 Å². The summed E-state index contributed by atoms with van der Waals surface area (Å²) < 4.78 is 7.00. The van der Waals surface area contributed by atoms with Crippen molar-refractivity contribution < 1.29 is 4.74 Å². The minimum absolute atomic E-state index is 0.211. The molecule has 0 radical (unpaired) electrons. The first-order valence-corrected chi connectivity index (χ1v) is 11.5. The van der Waals surface area contributed by atoms with Gasteiger partial charge < -0.3 is 19.5 Å². The van der Waals surface area contributed by atoms with Crippen LogP contribution in [0.25, 0.3) is 5.69 Å². The highest BCUT2D eigenvalue weighted by Gasteiger charge is 2.38. The van der Waals surface area contributed by atoms with E-state index in [0.717, 1.165) is 31.9 Å². The Morgan fingerprint density at radius 2 is 2.06 bits per heavy atom. The Morgan fingerprint density at radius 3 is 2.82 bits per heavy atom. The van der Waals surface area contributed by atoms with E-state index < -0.39 is 0 Å². The van der Waals surface area contributed by atoms with Crippen LogP contribution in [0.5, 0.6) is 5.75 Å². The number of ether oxygens (including phenoxy) is 1. The lowest BCUT2D eigenvalue weighted by atomic mass is 9.92. The Kier molecular flexibility index (Phi) is 5.95. The summed E-state index contributed by atoms with van der Waals surface area (Å²) in [5, 5.41) is 0.549. The summed E-state index contributed by atoms with van der Waals surface area (Å²) in [5.41, 5.74) is 0.350. The molecule has 2 unspecified atom stereocenters. The summed E-state index contributed by atoms with van der Waals surface area (Å²) in [6, 6.07) is 10.6. The van der Waals surface area contributed by atoms with Gasteiger partial charge in [-0.05, 0) is 56.1 Å². The second-order valence-corrected chi connectivity index (χ2v) is 9.21. The molecule has 1 N–H and O–H groups in total. The molecule has 33 heavy (non-hydrogen) atoms. The van der Waals surface area contributed by atoms with E-state index in [9.17, 15) is 9.59 Å². The number of hydrogen-bond donors (Lipinski definition) is 1.